The molecular weight excluding hydrogens is 258 g/mol. The van der Waals surface area contributed by atoms with E-state index in [1.54, 1.807) is 0 Å². The largest absolute Gasteiger partial charge is 0.270 e. The highest BCUT2D eigenvalue weighted by molar-refractivity contribution is 7.93. The summed E-state index contributed by atoms with van der Waals surface area (Å²) in [6, 6.07) is 7.47. The summed E-state index contributed by atoms with van der Waals surface area (Å²) < 4.78 is 25.0. The van der Waals surface area contributed by atoms with Crippen molar-refractivity contribution in [3.8, 4) is 0 Å². The highest BCUT2D eigenvalue weighted by Gasteiger charge is 2.28. The molecule has 0 radical (unpaired) electrons. The molecule has 0 atom stereocenters. The smallest absolute Gasteiger partial charge is 0.235 e. The summed E-state index contributed by atoms with van der Waals surface area (Å²) in [6.07, 6.45) is 4.42. The quantitative estimate of drug-likeness (QED) is 0.792. The number of halogens is 1. The third kappa shape index (κ3) is 2.82. The van der Waals surface area contributed by atoms with Crippen LogP contribution in [0.1, 0.15) is 12.0 Å². The molecule has 1 fully saturated rings. The first-order chi connectivity index (χ1) is 8.13. The van der Waals surface area contributed by atoms with E-state index in [1.807, 2.05) is 36.4 Å². The Balaban J connectivity index is 2.30. The molecule has 1 aliphatic heterocycles. The van der Waals surface area contributed by atoms with Crippen molar-refractivity contribution in [3.05, 3.63) is 35.9 Å². The number of anilines is 1. The Morgan fingerprint density at radius 3 is 2.88 bits per heavy atom. The molecule has 0 aromatic heterocycles. The number of allylic oxidation sites excluding steroid dienone is 1. The van der Waals surface area contributed by atoms with Gasteiger partial charge in [0.25, 0.3) is 0 Å². The molecule has 0 spiro atoms. The fraction of sp³-hybridized carbons (Fsp3) is 0.333. The van der Waals surface area contributed by atoms with E-state index in [4.69, 9.17) is 11.6 Å². The molecule has 1 aromatic carbocycles. The van der Waals surface area contributed by atoms with E-state index in [0.29, 0.717) is 18.8 Å². The van der Waals surface area contributed by atoms with Gasteiger partial charge in [-0.3, -0.25) is 4.31 Å². The van der Waals surface area contributed by atoms with Crippen molar-refractivity contribution in [2.75, 3.05) is 22.5 Å². The number of alkyl halides is 1. The second kappa shape index (κ2) is 5.10. The molecule has 0 N–H and O–H groups in total. The van der Waals surface area contributed by atoms with Crippen LogP contribution in [0, 0.1) is 0 Å². The molecule has 5 heteroatoms. The zero-order valence-electron chi connectivity index (χ0n) is 9.34. The summed E-state index contributed by atoms with van der Waals surface area (Å²) in [6.45, 7) is 0.574. The molecule has 2 rings (SSSR count). The van der Waals surface area contributed by atoms with Gasteiger partial charge in [-0.1, -0.05) is 24.3 Å². The summed E-state index contributed by atoms with van der Waals surface area (Å²) >= 11 is 5.57. The lowest BCUT2D eigenvalue weighted by molar-refractivity contribution is 0.599. The molecule has 0 amide bonds. The third-order valence-corrected chi connectivity index (χ3v) is 4.70. The predicted molar refractivity (Wildman–Crippen MR) is 71.9 cm³/mol. The molecular formula is C12H14ClNO2S. The summed E-state index contributed by atoms with van der Waals surface area (Å²) in [5.41, 5.74) is 1.70. The van der Waals surface area contributed by atoms with Gasteiger partial charge in [0.1, 0.15) is 0 Å². The zero-order valence-corrected chi connectivity index (χ0v) is 10.9. The van der Waals surface area contributed by atoms with Gasteiger partial charge in [0.2, 0.25) is 10.0 Å². The third-order valence-electron chi connectivity index (χ3n) is 2.66. The van der Waals surface area contributed by atoms with Gasteiger partial charge in [-0.15, -0.1) is 11.6 Å². The maximum Gasteiger partial charge on any atom is 0.235 e. The van der Waals surface area contributed by atoms with Crippen LogP contribution in [0.4, 0.5) is 5.69 Å². The van der Waals surface area contributed by atoms with Crippen LogP contribution in [0.2, 0.25) is 0 Å². The van der Waals surface area contributed by atoms with E-state index in [9.17, 15) is 8.42 Å². The molecule has 0 aliphatic carbocycles. The van der Waals surface area contributed by atoms with Gasteiger partial charge in [0.15, 0.2) is 0 Å². The van der Waals surface area contributed by atoms with Crippen molar-refractivity contribution >= 4 is 33.4 Å². The lowest BCUT2D eigenvalue weighted by atomic mass is 10.2. The fourth-order valence-electron chi connectivity index (χ4n) is 1.89. The Kier molecular flexibility index (Phi) is 3.74. The molecule has 0 unspecified atom stereocenters. The second-order valence-corrected chi connectivity index (χ2v) is 6.21. The zero-order chi connectivity index (χ0) is 12.3. The lowest BCUT2D eigenvalue weighted by Gasteiger charge is -2.17. The fourth-order valence-corrected chi connectivity index (χ4v) is 3.54. The van der Waals surface area contributed by atoms with Crippen molar-refractivity contribution in [2.45, 2.75) is 6.42 Å². The van der Waals surface area contributed by atoms with Gasteiger partial charge in [0.05, 0.1) is 11.4 Å². The van der Waals surface area contributed by atoms with E-state index in [0.717, 1.165) is 11.3 Å². The molecule has 92 valence electrons. The van der Waals surface area contributed by atoms with Gasteiger partial charge in [-0.05, 0) is 24.1 Å². The van der Waals surface area contributed by atoms with Crippen molar-refractivity contribution in [2.24, 2.45) is 0 Å². The topological polar surface area (TPSA) is 37.4 Å². The molecule has 1 heterocycles. The number of benzene rings is 1. The van der Waals surface area contributed by atoms with Crippen molar-refractivity contribution in [3.63, 3.8) is 0 Å². The SMILES string of the molecule is O=S1(=O)CCCN1c1cccc(C=CCCl)c1. The summed E-state index contributed by atoms with van der Waals surface area (Å²) in [4.78, 5) is 0. The van der Waals surface area contributed by atoms with Gasteiger partial charge >= 0.3 is 0 Å². The molecule has 3 nitrogen and oxygen atoms in total. The molecule has 1 saturated heterocycles. The van der Waals surface area contributed by atoms with Crippen LogP contribution in [0.3, 0.4) is 0 Å². The van der Waals surface area contributed by atoms with Crippen LogP contribution in [-0.2, 0) is 10.0 Å². The number of rotatable bonds is 3. The van der Waals surface area contributed by atoms with Crippen LogP contribution >= 0.6 is 11.6 Å². The molecule has 1 aromatic rings. The Morgan fingerprint density at radius 1 is 1.41 bits per heavy atom. The molecule has 0 saturated carbocycles. The van der Waals surface area contributed by atoms with E-state index >= 15 is 0 Å². The minimum atomic E-state index is -3.09. The number of sulfonamides is 1. The average Bonchev–Trinajstić information content (AvgIpc) is 2.67. The van der Waals surface area contributed by atoms with Gasteiger partial charge in [-0.2, -0.15) is 0 Å². The van der Waals surface area contributed by atoms with E-state index in [1.165, 1.54) is 4.31 Å². The molecule has 17 heavy (non-hydrogen) atoms. The van der Waals surface area contributed by atoms with E-state index in [-0.39, 0.29) is 5.75 Å². The maximum atomic E-state index is 11.8. The van der Waals surface area contributed by atoms with Crippen molar-refractivity contribution < 1.29 is 8.42 Å². The van der Waals surface area contributed by atoms with Gasteiger partial charge in [0, 0.05) is 12.4 Å². The summed E-state index contributed by atoms with van der Waals surface area (Å²) in [5, 5.41) is 0. The summed E-state index contributed by atoms with van der Waals surface area (Å²) in [5.74, 6) is 0.695. The highest BCUT2D eigenvalue weighted by Crippen LogP contribution is 2.25. The first kappa shape index (κ1) is 12.5. The molecule has 0 bridgehead atoms. The number of hydrogen-bond donors (Lipinski definition) is 0. The molecule has 1 aliphatic rings. The second-order valence-electron chi connectivity index (χ2n) is 3.89. The number of nitrogens with zero attached hydrogens (tertiary/aromatic N) is 1. The van der Waals surface area contributed by atoms with Crippen LogP contribution in [0.15, 0.2) is 30.3 Å². The monoisotopic (exact) mass is 271 g/mol. The van der Waals surface area contributed by atoms with Crippen LogP contribution in [-0.4, -0.2) is 26.6 Å². The lowest BCUT2D eigenvalue weighted by Crippen LogP contribution is -2.24. The predicted octanol–water partition coefficient (Wildman–Crippen LogP) is 2.48. The summed E-state index contributed by atoms with van der Waals surface area (Å²) in [7, 11) is -3.09. The van der Waals surface area contributed by atoms with Crippen molar-refractivity contribution in [1.29, 1.82) is 0 Å². The Morgan fingerprint density at radius 2 is 2.24 bits per heavy atom. The maximum absolute atomic E-state index is 11.8. The number of hydrogen-bond acceptors (Lipinski definition) is 2. The average molecular weight is 272 g/mol. The minimum Gasteiger partial charge on any atom is -0.270 e. The Bertz CT molecular complexity index is 525. The Hall–Kier alpha value is -1.00. The van der Waals surface area contributed by atoms with Crippen LogP contribution in [0.5, 0.6) is 0 Å². The minimum absolute atomic E-state index is 0.245. The Labute approximate surface area is 107 Å². The van der Waals surface area contributed by atoms with Crippen LogP contribution < -0.4 is 4.31 Å². The first-order valence-electron chi connectivity index (χ1n) is 5.46. The van der Waals surface area contributed by atoms with E-state index in [2.05, 4.69) is 0 Å². The van der Waals surface area contributed by atoms with Crippen molar-refractivity contribution in [1.82, 2.24) is 0 Å². The van der Waals surface area contributed by atoms with Gasteiger partial charge in [-0.25, -0.2) is 8.42 Å². The van der Waals surface area contributed by atoms with Crippen LogP contribution in [0.25, 0.3) is 6.08 Å². The standard InChI is InChI=1S/C12H14ClNO2S/c13-7-2-5-11-4-1-6-12(10-11)14-8-3-9-17(14,15)16/h1-2,4-6,10H,3,7-9H2. The highest BCUT2D eigenvalue weighted by atomic mass is 35.5. The van der Waals surface area contributed by atoms with E-state index < -0.39 is 10.0 Å². The van der Waals surface area contributed by atoms with Gasteiger partial charge < -0.3 is 0 Å². The first-order valence-corrected chi connectivity index (χ1v) is 7.61. The normalized spacial score (nSPS) is 19.0.